The van der Waals surface area contributed by atoms with Gasteiger partial charge in [0, 0.05) is 25.5 Å². The average Bonchev–Trinajstić information content (AvgIpc) is 2.75. The maximum atomic E-state index is 12.0. The maximum absolute atomic E-state index is 12.0. The van der Waals surface area contributed by atoms with Crippen LogP contribution < -0.4 is 5.32 Å². The summed E-state index contributed by atoms with van der Waals surface area (Å²) in [6.45, 7) is 0.815. The lowest BCUT2D eigenvalue weighted by atomic mass is 10.2. The van der Waals surface area contributed by atoms with E-state index in [1.807, 2.05) is 0 Å². The van der Waals surface area contributed by atoms with E-state index < -0.39 is 15.1 Å². The number of nitrogens with one attached hydrogen (secondary N) is 1. The molecule has 8 heteroatoms. The third-order valence-corrected chi connectivity index (χ3v) is 5.13. The van der Waals surface area contributed by atoms with Crippen molar-refractivity contribution in [2.75, 3.05) is 25.5 Å². The van der Waals surface area contributed by atoms with Crippen molar-refractivity contribution in [1.82, 2.24) is 10.2 Å². The van der Waals surface area contributed by atoms with Gasteiger partial charge in [0.05, 0.1) is 11.5 Å². The lowest BCUT2D eigenvalue weighted by Gasteiger charge is -2.38. The van der Waals surface area contributed by atoms with Crippen molar-refractivity contribution >= 4 is 27.5 Å². The van der Waals surface area contributed by atoms with E-state index in [1.54, 1.807) is 12.1 Å². The van der Waals surface area contributed by atoms with Gasteiger partial charge in [-0.25, -0.2) is 13.2 Å². The van der Waals surface area contributed by atoms with Gasteiger partial charge in [0.1, 0.15) is 11.5 Å². The molecule has 1 aliphatic heterocycles. The van der Waals surface area contributed by atoms with Gasteiger partial charge >= 0.3 is 6.03 Å². The number of urea groups is 1. The normalized spacial score (nSPS) is 16.2. The molecule has 1 aromatic heterocycles. The second-order valence-electron chi connectivity index (χ2n) is 4.33. The molecule has 2 amide bonds. The fourth-order valence-corrected chi connectivity index (χ4v) is 3.51. The van der Waals surface area contributed by atoms with Crippen LogP contribution >= 0.6 is 11.6 Å². The van der Waals surface area contributed by atoms with Crippen molar-refractivity contribution in [3.05, 3.63) is 24.2 Å². The van der Waals surface area contributed by atoms with Gasteiger partial charge in [-0.2, -0.15) is 0 Å². The molecule has 106 valence electrons. The summed E-state index contributed by atoms with van der Waals surface area (Å²) in [5.74, 6) is 0.631. The second kappa shape index (κ2) is 5.83. The molecular formula is C11H15ClN2O4S. The number of carbonyl (C=O) groups excluding carboxylic acids is 1. The number of carbonyl (C=O) groups is 1. The molecular weight excluding hydrogens is 292 g/mol. The number of furan rings is 1. The first-order chi connectivity index (χ1) is 9.03. The van der Waals surface area contributed by atoms with E-state index in [-0.39, 0.29) is 24.9 Å². The first kappa shape index (κ1) is 14.2. The minimum Gasteiger partial charge on any atom is -0.468 e. The number of sulfone groups is 1. The topological polar surface area (TPSA) is 79.6 Å². The Balaban J connectivity index is 1.84. The zero-order chi connectivity index (χ0) is 13.9. The lowest BCUT2D eigenvalue weighted by molar-refractivity contribution is 0.170. The summed E-state index contributed by atoms with van der Waals surface area (Å²) >= 11 is 5.45. The van der Waals surface area contributed by atoms with Gasteiger partial charge < -0.3 is 14.6 Å². The van der Waals surface area contributed by atoms with Crippen molar-refractivity contribution in [2.45, 2.75) is 11.0 Å². The van der Waals surface area contributed by atoms with Crippen LogP contribution in [0.15, 0.2) is 22.8 Å². The molecule has 0 atom stereocenters. The second-order valence-corrected chi connectivity index (χ2v) is 6.99. The van der Waals surface area contributed by atoms with Crippen molar-refractivity contribution in [3.8, 4) is 0 Å². The summed E-state index contributed by atoms with van der Waals surface area (Å²) in [5, 5.41) is 2.08. The van der Waals surface area contributed by atoms with Crippen LogP contribution in [0.5, 0.6) is 0 Å². The number of likely N-dealkylation sites (tertiary alicyclic amines) is 1. The summed E-state index contributed by atoms with van der Waals surface area (Å²) in [5.41, 5.74) is 0. The molecule has 0 spiro atoms. The molecule has 1 aromatic rings. The average molecular weight is 307 g/mol. The summed E-state index contributed by atoms with van der Waals surface area (Å²) in [6, 6.07) is 3.00. The van der Waals surface area contributed by atoms with Crippen LogP contribution in [0.2, 0.25) is 0 Å². The van der Waals surface area contributed by atoms with Crippen LogP contribution in [-0.2, 0) is 15.6 Å². The Morgan fingerprint density at radius 3 is 2.84 bits per heavy atom. The molecule has 6 nitrogen and oxygen atoms in total. The van der Waals surface area contributed by atoms with Crippen molar-refractivity contribution in [2.24, 2.45) is 0 Å². The van der Waals surface area contributed by atoms with Crippen molar-refractivity contribution < 1.29 is 17.6 Å². The highest BCUT2D eigenvalue weighted by atomic mass is 35.5. The smallest absolute Gasteiger partial charge is 0.317 e. The largest absolute Gasteiger partial charge is 0.468 e. The summed E-state index contributed by atoms with van der Waals surface area (Å²) in [6.07, 6.45) is 1.44. The van der Waals surface area contributed by atoms with Crippen LogP contribution in [0, 0.1) is 0 Å². The zero-order valence-electron chi connectivity index (χ0n) is 10.2. The van der Waals surface area contributed by atoms with E-state index in [9.17, 15) is 13.2 Å². The van der Waals surface area contributed by atoms with E-state index in [2.05, 4.69) is 5.32 Å². The predicted octanol–water partition coefficient (Wildman–Crippen LogP) is 0.827. The molecule has 1 aliphatic rings. The van der Waals surface area contributed by atoms with Gasteiger partial charge in [0.15, 0.2) is 9.84 Å². The van der Waals surface area contributed by atoms with Crippen LogP contribution in [0.3, 0.4) is 0 Å². The fourth-order valence-electron chi connectivity index (χ4n) is 1.81. The molecule has 1 N–H and O–H groups in total. The molecule has 0 bridgehead atoms. The van der Waals surface area contributed by atoms with Gasteiger partial charge in [-0.05, 0) is 12.1 Å². The first-order valence-electron chi connectivity index (χ1n) is 5.85. The fraction of sp³-hybridized carbons (Fsp3) is 0.545. The summed E-state index contributed by atoms with van der Waals surface area (Å²) in [7, 11) is -3.27. The minimum atomic E-state index is -3.27. The highest BCUT2D eigenvalue weighted by molar-refractivity contribution is 7.91. The standard InChI is InChI=1S/C11H15ClN2O4S/c12-3-4-13-11(15)14-6-10(7-14)19(16,17)8-9-2-1-5-18-9/h1-2,5,10H,3-4,6-8H2,(H,13,15). The summed E-state index contributed by atoms with van der Waals surface area (Å²) < 4.78 is 29.1. The van der Waals surface area contributed by atoms with Crippen LogP contribution in [0.25, 0.3) is 0 Å². The van der Waals surface area contributed by atoms with Gasteiger partial charge in [-0.1, -0.05) is 0 Å². The molecule has 1 saturated heterocycles. The van der Waals surface area contributed by atoms with E-state index in [0.717, 1.165) is 0 Å². The van der Waals surface area contributed by atoms with E-state index in [0.29, 0.717) is 18.2 Å². The first-order valence-corrected chi connectivity index (χ1v) is 8.10. The highest BCUT2D eigenvalue weighted by Gasteiger charge is 2.39. The number of hydrogen-bond acceptors (Lipinski definition) is 4. The Bertz CT molecular complexity index is 523. The Morgan fingerprint density at radius 1 is 1.53 bits per heavy atom. The van der Waals surface area contributed by atoms with Crippen LogP contribution in [-0.4, -0.2) is 50.1 Å². The predicted molar refractivity (Wildman–Crippen MR) is 70.8 cm³/mol. The zero-order valence-corrected chi connectivity index (χ0v) is 11.8. The summed E-state index contributed by atoms with van der Waals surface area (Å²) in [4.78, 5) is 13.0. The third-order valence-electron chi connectivity index (χ3n) is 2.94. The molecule has 0 unspecified atom stereocenters. The Morgan fingerprint density at radius 2 is 2.26 bits per heavy atom. The van der Waals surface area contributed by atoms with Gasteiger partial charge in [0.25, 0.3) is 0 Å². The Hall–Kier alpha value is -1.21. The lowest BCUT2D eigenvalue weighted by Crippen LogP contribution is -2.59. The molecule has 0 aliphatic carbocycles. The number of halogens is 1. The van der Waals surface area contributed by atoms with E-state index in [1.165, 1.54) is 11.2 Å². The molecule has 2 heterocycles. The number of hydrogen-bond donors (Lipinski definition) is 1. The Kier molecular flexibility index (Phi) is 4.36. The molecule has 0 aromatic carbocycles. The molecule has 0 radical (unpaired) electrons. The molecule has 0 saturated carbocycles. The quantitative estimate of drug-likeness (QED) is 0.817. The number of nitrogens with zero attached hydrogens (tertiary/aromatic N) is 1. The third kappa shape index (κ3) is 3.42. The van der Waals surface area contributed by atoms with Gasteiger partial charge in [0.2, 0.25) is 0 Å². The molecule has 1 fully saturated rings. The molecule has 2 rings (SSSR count). The number of alkyl halides is 1. The minimum absolute atomic E-state index is 0.123. The van der Waals surface area contributed by atoms with Crippen LogP contribution in [0.4, 0.5) is 4.79 Å². The number of rotatable bonds is 5. The number of amides is 2. The molecule has 19 heavy (non-hydrogen) atoms. The van der Waals surface area contributed by atoms with Gasteiger partial charge in [-0.15, -0.1) is 11.6 Å². The van der Waals surface area contributed by atoms with E-state index in [4.69, 9.17) is 16.0 Å². The maximum Gasteiger partial charge on any atom is 0.317 e. The monoisotopic (exact) mass is 306 g/mol. The van der Waals surface area contributed by atoms with Crippen molar-refractivity contribution in [1.29, 1.82) is 0 Å². The van der Waals surface area contributed by atoms with Crippen LogP contribution in [0.1, 0.15) is 5.76 Å². The SMILES string of the molecule is O=C(NCCCl)N1CC(S(=O)(=O)Cc2ccco2)C1. The van der Waals surface area contributed by atoms with Crippen molar-refractivity contribution in [3.63, 3.8) is 0 Å². The highest BCUT2D eigenvalue weighted by Crippen LogP contribution is 2.20. The Labute approximate surface area is 116 Å². The van der Waals surface area contributed by atoms with E-state index >= 15 is 0 Å². The van der Waals surface area contributed by atoms with Gasteiger partial charge in [-0.3, -0.25) is 0 Å².